The SMILES string of the molecule is C=C(F)CS(=O)(=O)Cl. The third kappa shape index (κ3) is 5.91. The molecule has 0 atom stereocenters. The Labute approximate surface area is 51.4 Å². The van der Waals surface area contributed by atoms with Gasteiger partial charge in [-0.15, -0.1) is 0 Å². The number of hydrogen-bond donors (Lipinski definition) is 0. The number of hydrogen-bond acceptors (Lipinski definition) is 2. The molecule has 0 aromatic heterocycles. The second-order valence-electron chi connectivity index (χ2n) is 1.20. The largest absolute Gasteiger partial charge is 0.239 e. The molecule has 0 unspecified atom stereocenters. The highest BCUT2D eigenvalue weighted by Gasteiger charge is 2.05. The van der Waals surface area contributed by atoms with E-state index in [2.05, 4.69) is 17.3 Å². The highest BCUT2D eigenvalue weighted by molar-refractivity contribution is 8.13. The molecule has 0 heterocycles. The van der Waals surface area contributed by atoms with Gasteiger partial charge in [0.1, 0.15) is 11.6 Å². The summed E-state index contributed by atoms with van der Waals surface area (Å²) in [7, 11) is 0.874. The Hall–Kier alpha value is -0.0900. The summed E-state index contributed by atoms with van der Waals surface area (Å²) >= 11 is 0. The molecule has 0 radical (unpaired) electrons. The lowest BCUT2D eigenvalue weighted by Crippen LogP contribution is -1.95. The van der Waals surface area contributed by atoms with Crippen LogP contribution < -0.4 is 0 Å². The van der Waals surface area contributed by atoms with Gasteiger partial charge in [-0.3, -0.25) is 0 Å². The Bertz CT molecular complexity index is 183. The van der Waals surface area contributed by atoms with Gasteiger partial charge in [-0.25, -0.2) is 12.8 Å². The molecule has 0 aliphatic heterocycles. The molecule has 0 aromatic carbocycles. The molecule has 2 nitrogen and oxygen atoms in total. The zero-order chi connectivity index (χ0) is 6.78. The molecule has 8 heavy (non-hydrogen) atoms. The molecule has 5 heteroatoms. The molecule has 0 aromatic rings. The van der Waals surface area contributed by atoms with Crippen molar-refractivity contribution in [1.29, 1.82) is 0 Å². The van der Waals surface area contributed by atoms with Crippen molar-refractivity contribution in [1.82, 2.24) is 0 Å². The highest BCUT2D eigenvalue weighted by Crippen LogP contribution is 2.02. The van der Waals surface area contributed by atoms with Gasteiger partial charge in [-0.1, -0.05) is 6.58 Å². The summed E-state index contributed by atoms with van der Waals surface area (Å²) in [5.74, 6) is -1.74. The molecule has 0 N–H and O–H groups in total. The fourth-order valence-electron chi connectivity index (χ4n) is 0.187. The predicted molar refractivity (Wildman–Crippen MR) is 29.9 cm³/mol. The van der Waals surface area contributed by atoms with Gasteiger partial charge in [0, 0.05) is 10.7 Å². The quantitative estimate of drug-likeness (QED) is 0.563. The maximum absolute atomic E-state index is 11.5. The Kier molecular flexibility index (Phi) is 2.43. The van der Waals surface area contributed by atoms with Crippen molar-refractivity contribution < 1.29 is 12.8 Å². The van der Waals surface area contributed by atoms with Crippen LogP contribution >= 0.6 is 10.7 Å². The zero-order valence-electron chi connectivity index (χ0n) is 3.89. The van der Waals surface area contributed by atoms with Crippen molar-refractivity contribution in [2.75, 3.05) is 5.75 Å². The van der Waals surface area contributed by atoms with Crippen molar-refractivity contribution in [3.63, 3.8) is 0 Å². The van der Waals surface area contributed by atoms with E-state index < -0.39 is 20.6 Å². The summed E-state index contributed by atoms with van der Waals surface area (Å²) in [4.78, 5) is 0. The monoisotopic (exact) mass is 158 g/mol. The summed E-state index contributed by atoms with van der Waals surface area (Å²) < 4.78 is 31.4. The van der Waals surface area contributed by atoms with Crippen LogP contribution in [-0.2, 0) is 9.05 Å². The number of rotatable bonds is 2. The van der Waals surface area contributed by atoms with Gasteiger partial charge in [-0.05, 0) is 0 Å². The average molecular weight is 159 g/mol. The smallest absolute Gasteiger partial charge is 0.212 e. The second-order valence-corrected chi connectivity index (χ2v) is 3.98. The van der Waals surface area contributed by atoms with Crippen LogP contribution in [-0.4, -0.2) is 14.2 Å². The Balaban J connectivity index is 3.95. The van der Waals surface area contributed by atoms with Crippen molar-refractivity contribution in [2.24, 2.45) is 0 Å². The topological polar surface area (TPSA) is 34.1 Å². The summed E-state index contributed by atoms with van der Waals surface area (Å²) in [5.41, 5.74) is 0. The highest BCUT2D eigenvalue weighted by atomic mass is 35.7. The molecule has 48 valence electrons. The van der Waals surface area contributed by atoms with Crippen LogP contribution in [0.4, 0.5) is 4.39 Å². The standard InChI is InChI=1S/C3H4ClFO2S/c1-3(5)2-8(4,6)7/h1-2H2. The molecule has 0 rings (SSSR count). The maximum Gasteiger partial charge on any atom is 0.239 e. The third-order valence-electron chi connectivity index (χ3n) is 0.329. The molecule has 0 spiro atoms. The third-order valence-corrected chi connectivity index (χ3v) is 1.31. The molecule has 0 saturated heterocycles. The summed E-state index contributed by atoms with van der Waals surface area (Å²) in [6, 6.07) is 0. The van der Waals surface area contributed by atoms with Gasteiger partial charge in [0.15, 0.2) is 0 Å². The molecule has 0 amide bonds. The fraction of sp³-hybridized carbons (Fsp3) is 0.333. The van der Waals surface area contributed by atoms with E-state index in [-0.39, 0.29) is 0 Å². The van der Waals surface area contributed by atoms with E-state index in [9.17, 15) is 12.8 Å². The first kappa shape index (κ1) is 7.91. The van der Waals surface area contributed by atoms with Crippen LogP contribution in [0.1, 0.15) is 0 Å². The number of halogens is 2. The minimum absolute atomic E-state index is 0.797. The molecule has 0 aliphatic carbocycles. The van der Waals surface area contributed by atoms with Crippen LogP contribution in [0.2, 0.25) is 0 Å². The van der Waals surface area contributed by atoms with Crippen LogP contribution in [0.5, 0.6) is 0 Å². The van der Waals surface area contributed by atoms with Crippen molar-refractivity contribution in [2.45, 2.75) is 0 Å². The van der Waals surface area contributed by atoms with E-state index in [1.807, 2.05) is 0 Å². The first-order chi connectivity index (χ1) is 3.42. The minimum Gasteiger partial charge on any atom is -0.212 e. The van der Waals surface area contributed by atoms with E-state index in [0.717, 1.165) is 0 Å². The molecular formula is C3H4ClFO2S. The fourth-order valence-corrected chi connectivity index (χ4v) is 0.916. The lowest BCUT2D eigenvalue weighted by Gasteiger charge is -1.86. The normalized spacial score (nSPS) is 11.2. The summed E-state index contributed by atoms with van der Waals surface area (Å²) in [6.45, 7) is 2.71. The molecule has 0 saturated carbocycles. The summed E-state index contributed by atoms with van der Waals surface area (Å²) in [5, 5.41) is 0. The lowest BCUT2D eigenvalue weighted by atomic mass is 10.7. The van der Waals surface area contributed by atoms with Crippen LogP contribution in [0.25, 0.3) is 0 Å². The first-order valence-electron chi connectivity index (χ1n) is 1.67. The minimum atomic E-state index is -3.73. The van der Waals surface area contributed by atoms with Gasteiger partial charge >= 0.3 is 0 Å². The van der Waals surface area contributed by atoms with Crippen LogP contribution in [0.3, 0.4) is 0 Å². The van der Waals surface area contributed by atoms with Gasteiger partial charge in [-0.2, -0.15) is 0 Å². The van der Waals surface area contributed by atoms with E-state index in [0.29, 0.717) is 0 Å². The van der Waals surface area contributed by atoms with Crippen molar-refractivity contribution >= 4 is 19.7 Å². The molecular weight excluding hydrogens is 155 g/mol. The maximum atomic E-state index is 11.5. The molecule has 0 bridgehead atoms. The van der Waals surface area contributed by atoms with E-state index >= 15 is 0 Å². The Morgan fingerprint density at radius 2 is 2.12 bits per heavy atom. The Morgan fingerprint density at radius 3 is 2.12 bits per heavy atom. The van der Waals surface area contributed by atoms with Gasteiger partial charge in [0.25, 0.3) is 0 Å². The lowest BCUT2D eigenvalue weighted by molar-refractivity contribution is 0.597. The Morgan fingerprint density at radius 1 is 1.75 bits per heavy atom. The molecule has 0 fully saturated rings. The predicted octanol–water partition coefficient (Wildman–Crippen LogP) is 1.04. The van der Waals surface area contributed by atoms with E-state index in [4.69, 9.17) is 0 Å². The van der Waals surface area contributed by atoms with E-state index in [1.165, 1.54) is 0 Å². The van der Waals surface area contributed by atoms with Crippen LogP contribution in [0.15, 0.2) is 12.4 Å². The van der Waals surface area contributed by atoms with Gasteiger partial charge < -0.3 is 0 Å². The van der Waals surface area contributed by atoms with Gasteiger partial charge in [0.05, 0.1) is 0 Å². The molecule has 0 aliphatic rings. The average Bonchev–Trinajstić information content (AvgIpc) is 1.21. The van der Waals surface area contributed by atoms with Gasteiger partial charge in [0.2, 0.25) is 9.05 Å². The first-order valence-corrected chi connectivity index (χ1v) is 4.15. The second kappa shape index (κ2) is 2.46. The summed E-state index contributed by atoms with van der Waals surface area (Å²) in [6.07, 6.45) is 0. The van der Waals surface area contributed by atoms with Crippen molar-refractivity contribution in [3.05, 3.63) is 12.4 Å². The van der Waals surface area contributed by atoms with Crippen molar-refractivity contribution in [3.8, 4) is 0 Å². The van der Waals surface area contributed by atoms with E-state index in [1.54, 1.807) is 0 Å². The zero-order valence-corrected chi connectivity index (χ0v) is 5.47. The van der Waals surface area contributed by atoms with Crippen LogP contribution in [0, 0.1) is 0 Å².